The Morgan fingerprint density at radius 2 is 1.91 bits per heavy atom. The molecule has 4 aromatic rings. The smallest absolute Gasteiger partial charge is 0.255 e. The predicted molar refractivity (Wildman–Crippen MR) is 135 cm³/mol. The van der Waals surface area contributed by atoms with Gasteiger partial charge in [-0.3, -0.25) is 9.89 Å². The van der Waals surface area contributed by atoms with E-state index >= 15 is 0 Å². The van der Waals surface area contributed by atoms with Gasteiger partial charge in [-0.25, -0.2) is 4.98 Å². The van der Waals surface area contributed by atoms with Gasteiger partial charge in [-0.05, 0) is 93.6 Å². The second kappa shape index (κ2) is 9.96. The van der Waals surface area contributed by atoms with Crippen LogP contribution in [0, 0.1) is 13.8 Å². The fraction of sp³-hybridized carbons (Fsp3) is 0.296. The van der Waals surface area contributed by atoms with Crippen LogP contribution in [-0.2, 0) is 12.8 Å². The highest BCUT2D eigenvalue weighted by atomic mass is 16.1. The maximum absolute atomic E-state index is 13.0. The van der Waals surface area contributed by atoms with Gasteiger partial charge in [0.2, 0.25) is 0 Å². The first-order valence-corrected chi connectivity index (χ1v) is 11.6. The van der Waals surface area contributed by atoms with Gasteiger partial charge in [0.05, 0.1) is 11.4 Å². The summed E-state index contributed by atoms with van der Waals surface area (Å²) in [5.74, 6) is -0.113. The molecule has 1 amide bonds. The summed E-state index contributed by atoms with van der Waals surface area (Å²) in [6.45, 7) is 6.84. The van der Waals surface area contributed by atoms with Crippen molar-refractivity contribution in [2.75, 3.05) is 11.9 Å². The first-order valence-electron chi connectivity index (χ1n) is 11.6. The highest BCUT2D eigenvalue weighted by Gasteiger charge is 2.12. The highest BCUT2D eigenvalue weighted by Crippen LogP contribution is 2.28. The maximum atomic E-state index is 13.0. The van der Waals surface area contributed by atoms with Crippen LogP contribution in [0.15, 0.2) is 48.5 Å². The van der Waals surface area contributed by atoms with E-state index in [4.69, 9.17) is 10.7 Å². The molecule has 0 saturated carbocycles. The Balaban J connectivity index is 1.58. The summed E-state index contributed by atoms with van der Waals surface area (Å²) in [6, 6.07) is 16.0. The minimum atomic E-state index is -0.113. The zero-order valence-corrected chi connectivity index (χ0v) is 19.5. The van der Waals surface area contributed by atoms with Crippen molar-refractivity contribution in [3.63, 3.8) is 0 Å². The Hall–Kier alpha value is -3.51. The summed E-state index contributed by atoms with van der Waals surface area (Å²) >= 11 is 0. The van der Waals surface area contributed by atoms with Gasteiger partial charge in [-0.2, -0.15) is 5.10 Å². The molecule has 0 aliphatic carbocycles. The molecule has 0 atom stereocenters. The first kappa shape index (κ1) is 22.7. The Morgan fingerprint density at radius 1 is 1.06 bits per heavy atom. The number of pyridine rings is 1. The van der Waals surface area contributed by atoms with Gasteiger partial charge in [0.1, 0.15) is 0 Å². The number of hydrogen-bond acceptors (Lipinski definition) is 4. The Morgan fingerprint density at radius 3 is 2.70 bits per heavy atom. The fourth-order valence-corrected chi connectivity index (χ4v) is 4.17. The average molecular weight is 442 g/mol. The molecule has 33 heavy (non-hydrogen) atoms. The molecule has 0 aliphatic rings. The van der Waals surface area contributed by atoms with Gasteiger partial charge in [-0.1, -0.05) is 24.6 Å². The molecule has 0 saturated heterocycles. The van der Waals surface area contributed by atoms with Crippen LogP contribution >= 0.6 is 0 Å². The van der Waals surface area contributed by atoms with E-state index in [1.807, 2.05) is 50.2 Å². The van der Waals surface area contributed by atoms with Gasteiger partial charge in [0, 0.05) is 22.2 Å². The second-order valence-corrected chi connectivity index (χ2v) is 8.55. The van der Waals surface area contributed by atoms with Crippen molar-refractivity contribution >= 4 is 22.6 Å². The summed E-state index contributed by atoms with van der Waals surface area (Å²) < 4.78 is 0. The van der Waals surface area contributed by atoms with Crippen molar-refractivity contribution in [2.45, 2.75) is 46.5 Å². The molecular formula is C27H31N5O. The van der Waals surface area contributed by atoms with Crippen molar-refractivity contribution in [1.82, 2.24) is 15.2 Å². The van der Waals surface area contributed by atoms with Gasteiger partial charge < -0.3 is 11.1 Å². The number of carbonyl (C=O) groups excluding carboxylic acids is 1. The van der Waals surface area contributed by atoms with Crippen molar-refractivity contribution in [2.24, 2.45) is 5.73 Å². The van der Waals surface area contributed by atoms with Crippen molar-refractivity contribution in [1.29, 1.82) is 0 Å². The van der Waals surface area contributed by atoms with Crippen LogP contribution in [0.3, 0.4) is 0 Å². The molecule has 2 aromatic heterocycles. The summed E-state index contributed by atoms with van der Waals surface area (Å²) in [6.07, 6.45) is 3.79. The lowest BCUT2D eigenvalue weighted by Crippen LogP contribution is -2.13. The van der Waals surface area contributed by atoms with Crippen LogP contribution in [-0.4, -0.2) is 27.6 Å². The summed E-state index contributed by atoms with van der Waals surface area (Å²) in [5, 5.41) is 11.5. The monoisotopic (exact) mass is 441 g/mol. The standard InChI is InChI=1S/C27H31N5O/c1-4-24-22-10-11-25(30-26(22)32-31-24)23-16-21(9-8-18(23)3)29-27(33)20-14-17(2)13-19(15-20)7-5-6-12-28/h8-11,13-16H,4-7,12,28H2,1-3H3,(H,29,33)(H,30,31,32). The minimum absolute atomic E-state index is 0.113. The lowest BCUT2D eigenvalue weighted by Gasteiger charge is -2.12. The number of nitrogens with two attached hydrogens (primary N) is 1. The molecule has 0 bridgehead atoms. The third-order valence-corrected chi connectivity index (χ3v) is 5.93. The van der Waals surface area contributed by atoms with Crippen LogP contribution in [0.25, 0.3) is 22.3 Å². The number of carbonyl (C=O) groups is 1. The number of amides is 1. The number of fused-ring (bicyclic) bond motifs is 1. The van der Waals surface area contributed by atoms with Crippen molar-refractivity contribution < 1.29 is 4.79 Å². The Kier molecular flexibility index (Phi) is 6.84. The predicted octanol–water partition coefficient (Wildman–Crippen LogP) is 5.34. The quantitative estimate of drug-likeness (QED) is 0.322. The lowest BCUT2D eigenvalue weighted by atomic mass is 10.0. The lowest BCUT2D eigenvalue weighted by molar-refractivity contribution is 0.102. The van der Waals surface area contributed by atoms with E-state index in [1.54, 1.807) is 0 Å². The van der Waals surface area contributed by atoms with Gasteiger partial charge in [-0.15, -0.1) is 0 Å². The summed E-state index contributed by atoms with van der Waals surface area (Å²) in [7, 11) is 0. The van der Waals surface area contributed by atoms with E-state index in [2.05, 4.69) is 34.6 Å². The van der Waals surface area contributed by atoms with E-state index in [0.717, 1.165) is 70.5 Å². The number of anilines is 1. The third kappa shape index (κ3) is 5.12. The van der Waals surface area contributed by atoms with Crippen LogP contribution in [0.5, 0.6) is 0 Å². The topological polar surface area (TPSA) is 96.7 Å². The number of unbranched alkanes of at least 4 members (excludes halogenated alkanes) is 1. The zero-order valence-electron chi connectivity index (χ0n) is 19.5. The van der Waals surface area contributed by atoms with Gasteiger partial charge >= 0.3 is 0 Å². The summed E-state index contributed by atoms with van der Waals surface area (Å²) in [5.41, 5.74) is 14.0. The van der Waals surface area contributed by atoms with Crippen LogP contribution < -0.4 is 11.1 Å². The molecule has 0 aliphatic heterocycles. The number of aryl methyl sites for hydroxylation is 4. The fourth-order valence-electron chi connectivity index (χ4n) is 4.17. The minimum Gasteiger partial charge on any atom is -0.330 e. The average Bonchev–Trinajstić information content (AvgIpc) is 3.22. The number of aromatic amines is 1. The number of H-pyrrole nitrogens is 1. The Bertz CT molecular complexity index is 1290. The van der Waals surface area contributed by atoms with Crippen molar-refractivity contribution in [3.05, 3.63) is 76.5 Å². The number of hydrogen-bond donors (Lipinski definition) is 3. The van der Waals surface area contributed by atoms with Crippen LogP contribution in [0.1, 0.15) is 52.5 Å². The molecule has 6 nitrogen and oxygen atoms in total. The van der Waals surface area contributed by atoms with Gasteiger partial charge in [0.25, 0.3) is 5.91 Å². The number of benzene rings is 2. The molecule has 2 aromatic carbocycles. The second-order valence-electron chi connectivity index (χ2n) is 8.55. The molecule has 4 N–H and O–H groups in total. The molecule has 0 unspecified atom stereocenters. The molecule has 4 rings (SSSR count). The molecule has 0 spiro atoms. The molecule has 170 valence electrons. The maximum Gasteiger partial charge on any atom is 0.255 e. The summed E-state index contributed by atoms with van der Waals surface area (Å²) in [4.78, 5) is 17.8. The number of rotatable bonds is 8. The van der Waals surface area contributed by atoms with Crippen LogP contribution in [0.2, 0.25) is 0 Å². The normalized spacial score (nSPS) is 11.2. The van der Waals surface area contributed by atoms with E-state index in [-0.39, 0.29) is 5.91 Å². The first-order chi connectivity index (χ1) is 16.0. The Labute approximate surface area is 194 Å². The van der Waals surface area contributed by atoms with E-state index in [9.17, 15) is 4.79 Å². The molecule has 6 heteroatoms. The van der Waals surface area contributed by atoms with Crippen molar-refractivity contribution in [3.8, 4) is 11.3 Å². The number of nitrogens with one attached hydrogen (secondary N) is 2. The van der Waals surface area contributed by atoms with E-state index in [0.29, 0.717) is 12.1 Å². The zero-order chi connectivity index (χ0) is 23.4. The largest absolute Gasteiger partial charge is 0.330 e. The SMILES string of the molecule is CCc1n[nH]c2nc(-c3cc(NC(=O)c4cc(C)cc(CCCCN)c4)ccc3C)ccc12. The number of aromatic nitrogens is 3. The molecule has 0 radical (unpaired) electrons. The van der Waals surface area contributed by atoms with E-state index in [1.165, 1.54) is 5.56 Å². The molecule has 0 fully saturated rings. The van der Waals surface area contributed by atoms with Crippen LogP contribution in [0.4, 0.5) is 5.69 Å². The molecular weight excluding hydrogens is 410 g/mol. The highest BCUT2D eigenvalue weighted by molar-refractivity contribution is 6.04. The number of nitrogens with zero attached hydrogens (tertiary/aromatic N) is 2. The molecule has 2 heterocycles. The van der Waals surface area contributed by atoms with E-state index < -0.39 is 0 Å². The third-order valence-electron chi connectivity index (χ3n) is 5.93. The van der Waals surface area contributed by atoms with Gasteiger partial charge in [0.15, 0.2) is 5.65 Å².